The Morgan fingerprint density at radius 2 is 0.846 bits per heavy atom. The number of aromatic amines is 1. The van der Waals surface area contributed by atoms with Crippen molar-refractivity contribution in [3.63, 3.8) is 0 Å². The normalized spacial score (nSPS) is 11.1. The van der Waals surface area contributed by atoms with Crippen LogP contribution in [0.25, 0.3) is 67.7 Å². The highest BCUT2D eigenvalue weighted by atomic mass is 15.0. The SMILES string of the molecule is c1ccc(-c2nc(-c3ccccc3)nc(-c3cccc(-c4ccc5[nH]c(-c6ccccc6)nc5c4)c3)n2)cc1. The number of hydrogen-bond acceptors (Lipinski definition) is 4. The summed E-state index contributed by atoms with van der Waals surface area (Å²) in [7, 11) is 0. The molecule has 0 amide bonds. The number of imidazole rings is 1. The Morgan fingerprint density at radius 3 is 1.46 bits per heavy atom. The number of H-pyrrole nitrogens is 1. The molecule has 5 nitrogen and oxygen atoms in total. The van der Waals surface area contributed by atoms with Crippen LogP contribution in [0.15, 0.2) is 133 Å². The van der Waals surface area contributed by atoms with Crippen LogP contribution in [0.5, 0.6) is 0 Å². The van der Waals surface area contributed by atoms with Crippen molar-refractivity contribution in [1.29, 1.82) is 0 Å². The minimum absolute atomic E-state index is 0.636. The van der Waals surface area contributed by atoms with Gasteiger partial charge in [0, 0.05) is 22.3 Å². The fraction of sp³-hybridized carbons (Fsp3) is 0. The zero-order valence-corrected chi connectivity index (χ0v) is 21.0. The molecule has 0 spiro atoms. The number of nitrogens with one attached hydrogen (secondary N) is 1. The summed E-state index contributed by atoms with van der Waals surface area (Å²) < 4.78 is 0. The number of nitrogens with zero attached hydrogens (tertiary/aromatic N) is 4. The summed E-state index contributed by atoms with van der Waals surface area (Å²) in [5.74, 6) is 2.80. The van der Waals surface area contributed by atoms with Crippen LogP contribution in [0.4, 0.5) is 0 Å². The molecular formula is C34H23N5. The molecule has 0 bridgehead atoms. The second-order valence-electron chi connectivity index (χ2n) is 9.30. The van der Waals surface area contributed by atoms with Crippen LogP contribution in [0.3, 0.4) is 0 Å². The largest absolute Gasteiger partial charge is 0.338 e. The van der Waals surface area contributed by atoms with E-state index in [1.165, 1.54) is 0 Å². The molecule has 2 aromatic heterocycles. The highest BCUT2D eigenvalue weighted by Gasteiger charge is 2.13. The van der Waals surface area contributed by atoms with Crippen molar-refractivity contribution in [3.05, 3.63) is 133 Å². The standard InChI is InChI=1S/C34H23N5/c1-4-11-23(12-5-1)31-35-29-20-19-27(22-30(29)36-31)26-17-10-18-28(21-26)34-38-32(24-13-6-2-7-14-24)37-33(39-34)25-15-8-3-9-16-25/h1-22H,(H,35,36). The monoisotopic (exact) mass is 501 g/mol. The van der Waals surface area contributed by atoms with E-state index in [9.17, 15) is 0 Å². The van der Waals surface area contributed by atoms with Gasteiger partial charge in [-0.05, 0) is 29.3 Å². The molecule has 0 aliphatic rings. The van der Waals surface area contributed by atoms with E-state index >= 15 is 0 Å². The maximum atomic E-state index is 4.88. The van der Waals surface area contributed by atoms with Gasteiger partial charge in [0.2, 0.25) is 0 Å². The first kappa shape index (κ1) is 22.8. The van der Waals surface area contributed by atoms with Crippen molar-refractivity contribution in [2.75, 3.05) is 0 Å². The van der Waals surface area contributed by atoms with Crippen LogP contribution in [-0.2, 0) is 0 Å². The van der Waals surface area contributed by atoms with Gasteiger partial charge in [0.1, 0.15) is 5.82 Å². The van der Waals surface area contributed by atoms with Crippen molar-refractivity contribution >= 4 is 11.0 Å². The van der Waals surface area contributed by atoms with E-state index in [-0.39, 0.29) is 0 Å². The Labute approximate surface area is 225 Å². The Bertz CT molecular complexity index is 1840. The minimum atomic E-state index is 0.636. The van der Waals surface area contributed by atoms with Gasteiger partial charge >= 0.3 is 0 Å². The second kappa shape index (κ2) is 9.80. The van der Waals surface area contributed by atoms with E-state index in [1.807, 2.05) is 91.0 Å². The first-order valence-electron chi connectivity index (χ1n) is 12.8. The number of rotatable bonds is 5. The van der Waals surface area contributed by atoms with E-state index in [0.29, 0.717) is 17.5 Å². The van der Waals surface area contributed by atoms with Gasteiger partial charge < -0.3 is 4.98 Å². The first-order chi connectivity index (χ1) is 19.3. The van der Waals surface area contributed by atoms with Crippen molar-refractivity contribution in [1.82, 2.24) is 24.9 Å². The van der Waals surface area contributed by atoms with Crippen molar-refractivity contribution < 1.29 is 0 Å². The molecule has 0 aliphatic heterocycles. The molecule has 0 unspecified atom stereocenters. The van der Waals surface area contributed by atoms with Gasteiger partial charge in [0.15, 0.2) is 17.5 Å². The third-order valence-electron chi connectivity index (χ3n) is 6.68. The van der Waals surface area contributed by atoms with Gasteiger partial charge in [-0.25, -0.2) is 19.9 Å². The van der Waals surface area contributed by atoms with Crippen molar-refractivity contribution in [3.8, 4) is 56.7 Å². The highest BCUT2D eigenvalue weighted by molar-refractivity contribution is 5.85. The molecule has 7 aromatic rings. The molecule has 0 radical (unpaired) electrons. The highest BCUT2D eigenvalue weighted by Crippen LogP contribution is 2.30. The zero-order chi connectivity index (χ0) is 26.0. The van der Waals surface area contributed by atoms with Crippen molar-refractivity contribution in [2.24, 2.45) is 0 Å². The summed E-state index contributed by atoms with van der Waals surface area (Å²) in [5.41, 5.74) is 7.98. The van der Waals surface area contributed by atoms with Gasteiger partial charge in [0.05, 0.1) is 11.0 Å². The van der Waals surface area contributed by atoms with Gasteiger partial charge in [-0.3, -0.25) is 0 Å². The smallest absolute Gasteiger partial charge is 0.164 e. The van der Waals surface area contributed by atoms with Crippen LogP contribution in [0, 0.1) is 0 Å². The molecule has 39 heavy (non-hydrogen) atoms. The fourth-order valence-corrected chi connectivity index (χ4v) is 4.69. The molecule has 0 aliphatic carbocycles. The van der Waals surface area contributed by atoms with Crippen LogP contribution in [0.1, 0.15) is 0 Å². The number of aromatic nitrogens is 5. The average molecular weight is 502 g/mol. The van der Waals surface area contributed by atoms with E-state index in [4.69, 9.17) is 19.9 Å². The molecule has 1 N–H and O–H groups in total. The zero-order valence-electron chi connectivity index (χ0n) is 21.0. The Balaban J connectivity index is 1.31. The summed E-state index contributed by atoms with van der Waals surface area (Å²) in [4.78, 5) is 22.9. The van der Waals surface area contributed by atoms with Gasteiger partial charge in [-0.1, -0.05) is 115 Å². The second-order valence-corrected chi connectivity index (χ2v) is 9.30. The van der Waals surface area contributed by atoms with Crippen LogP contribution in [-0.4, -0.2) is 24.9 Å². The molecule has 184 valence electrons. The summed E-state index contributed by atoms with van der Waals surface area (Å²) in [5, 5.41) is 0. The molecule has 2 heterocycles. The van der Waals surface area contributed by atoms with E-state index in [2.05, 4.69) is 47.4 Å². The lowest BCUT2D eigenvalue weighted by molar-refractivity contribution is 1.07. The fourth-order valence-electron chi connectivity index (χ4n) is 4.69. The van der Waals surface area contributed by atoms with Gasteiger partial charge in [-0.2, -0.15) is 0 Å². The first-order valence-corrected chi connectivity index (χ1v) is 12.8. The third-order valence-corrected chi connectivity index (χ3v) is 6.68. The van der Waals surface area contributed by atoms with Crippen LogP contribution < -0.4 is 0 Å². The average Bonchev–Trinajstić information content (AvgIpc) is 3.46. The van der Waals surface area contributed by atoms with E-state index < -0.39 is 0 Å². The quantitative estimate of drug-likeness (QED) is 0.259. The maximum absolute atomic E-state index is 4.88. The molecule has 0 saturated heterocycles. The molecule has 5 heteroatoms. The topological polar surface area (TPSA) is 67.3 Å². The van der Waals surface area contributed by atoms with Crippen LogP contribution >= 0.6 is 0 Å². The Hall–Kier alpha value is -5.42. The summed E-state index contributed by atoms with van der Waals surface area (Å²) >= 11 is 0. The molecule has 0 atom stereocenters. The molecule has 5 aromatic carbocycles. The lowest BCUT2D eigenvalue weighted by atomic mass is 10.0. The molecule has 7 rings (SSSR count). The number of benzene rings is 5. The van der Waals surface area contributed by atoms with Crippen molar-refractivity contribution in [2.45, 2.75) is 0 Å². The van der Waals surface area contributed by atoms with Crippen LogP contribution in [0.2, 0.25) is 0 Å². The van der Waals surface area contributed by atoms with Gasteiger partial charge in [0.25, 0.3) is 0 Å². The Morgan fingerprint density at radius 1 is 0.359 bits per heavy atom. The lowest BCUT2D eigenvalue weighted by Crippen LogP contribution is -2.00. The summed E-state index contributed by atoms with van der Waals surface area (Å²) in [6, 6.07) is 44.9. The number of hydrogen-bond donors (Lipinski definition) is 1. The predicted octanol–water partition coefficient (Wildman–Crippen LogP) is 8.08. The maximum Gasteiger partial charge on any atom is 0.164 e. The number of fused-ring (bicyclic) bond motifs is 1. The molecular weight excluding hydrogens is 478 g/mol. The van der Waals surface area contributed by atoms with Gasteiger partial charge in [-0.15, -0.1) is 0 Å². The summed E-state index contributed by atoms with van der Waals surface area (Å²) in [6.45, 7) is 0. The van der Waals surface area contributed by atoms with E-state index in [1.54, 1.807) is 0 Å². The Kier molecular flexibility index (Phi) is 5.72. The van der Waals surface area contributed by atoms with E-state index in [0.717, 1.165) is 50.2 Å². The predicted molar refractivity (Wildman–Crippen MR) is 157 cm³/mol. The molecule has 0 fully saturated rings. The molecule has 0 saturated carbocycles. The third kappa shape index (κ3) is 4.58. The summed E-state index contributed by atoms with van der Waals surface area (Å²) in [6.07, 6.45) is 0. The lowest BCUT2D eigenvalue weighted by Gasteiger charge is -2.09. The minimum Gasteiger partial charge on any atom is -0.338 e.